The molecule has 14 heavy (non-hydrogen) atoms. The normalized spacial score (nSPS) is 13.8. The molecule has 1 aliphatic heterocycles. The van der Waals surface area contributed by atoms with Gasteiger partial charge in [-0.15, -0.1) is 23.1 Å². The number of rotatable bonds is 1. The fourth-order valence-corrected chi connectivity index (χ4v) is 4.30. The van der Waals surface area contributed by atoms with Gasteiger partial charge in [0.15, 0.2) is 0 Å². The summed E-state index contributed by atoms with van der Waals surface area (Å²) in [7, 11) is 0. The molecule has 3 rings (SSSR count). The summed E-state index contributed by atoms with van der Waals surface area (Å²) in [5.74, 6) is 1.05. The van der Waals surface area contributed by atoms with Gasteiger partial charge in [0.2, 0.25) is 5.09 Å². The number of hydrogen-bond acceptors (Lipinski definition) is 5. The summed E-state index contributed by atoms with van der Waals surface area (Å²) in [6.07, 6.45) is 2.02. The number of hydrogen-bond donors (Lipinski definition) is 0. The van der Waals surface area contributed by atoms with Crippen LogP contribution in [0.5, 0.6) is 0 Å². The predicted molar refractivity (Wildman–Crippen MR) is 61.2 cm³/mol. The van der Waals surface area contributed by atoms with Crippen LogP contribution in [0.2, 0.25) is 0 Å². The molecule has 2 aromatic heterocycles. The fraction of sp³-hybridized carbons (Fsp3) is 0.222. The number of thioether (sulfide) groups is 2. The summed E-state index contributed by atoms with van der Waals surface area (Å²) in [6, 6.07) is 2.13. The zero-order chi connectivity index (χ0) is 9.54. The molecule has 0 saturated carbocycles. The van der Waals surface area contributed by atoms with Crippen LogP contribution in [0.3, 0.4) is 0 Å². The lowest BCUT2D eigenvalue weighted by Crippen LogP contribution is -1.89. The molecular weight excluding hydrogens is 234 g/mol. The molecule has 5 heteroatoms. The highest BCUT2D eigenvalue weighted by Gasteiger charge is 2.24. The molecule has 1 aliphatic rings. The topological polar surface area (TPSA) is 26.0 Å². The molecule has 0 aliphatic carbocycles. The Morgan fingerprint density at radius 2 is 2.50 bits per heavy atom. The molecule has 2 nitrogen and oxygen atoms in total. The van der Waals surface area contributed by atoms with Gasteiger partial charge in [-0.2, -0.15) is 0 Å². The molecule has 0 amide bonds. The summed E-state index contributed by atoms with van der Waals surface area (Å²) < 4.78 is 5.29. The monoisotopic (exact) mass is 241 g/mol. The van der Waals surface area contributed by atoms with Crippen LogP contribution >= 0.6 is 34.9 Å². The highest BCUT2D eigenvalue weighted by atomic mass is 32.2. The van der Waals surface area contributed by atoms with Gasteiger partial charge in [-0.05, 0) is 17.7 Å². The lowest BCUT2D eigenvalue weighted by Gasteiger charge is -2.08. The minimum Gasteiger partial charge on any atom is -0.348 e. The maximum atomic E-state index is 5.29. The van der Waals surface area contributed by atoms with Crippen molar-refractivity contribution in [2.24, 2.45) is 0 Å². The van der Waals surface area contributed by atoms with E-state index in [2.05, 4.69) is 16.6 Å². The van der Waals surface area contributed by atoms with Crippen molar-refractivity contribution in [3.8, 4) is 11.3 Å². The maximum absolute atomic E-state index is 5.29. The van der Waals surface area contributed by atoms with Gasteiger partial charge < -0.3 is 4.52 Å². The van der Waals surface area contributed by atoms with E-state index in [4.69, 9.17) is 4.52 Å². The Kier molecular flexibility index (Phi) is 2.11. The average molecular weight is 241 g/mol. The van der Waals surface area contributed by atoms with E-state index in [1.807, 2.05) is 18.0 Å². The van der Waals surface area contributed by atoms with E-state index in [1.54, 1.807) is 23.1 Å². The van der Waals surface area contributed by atoms with Crippen LogP contribution in [0.15, 0.2) is 26.0 Å². The van der Waals surface area contributed by atoms with Crippen LogP contribution in [0.1, 0.15) is 4.88 Å². The van der Waals surface area contributed by atoms with Crippen molar-refractivity contribution < 1.29 is 4.52 Å². The van der Waals surface area contributed by atoms with Gasteiger partial charge in [0.05, 0.1) is 4.90 Å². The van der Waals surface area contributed by atoms with Crippen LogP contribution in [-0.4, -0.2) is 11.4 Å². The minimum absolute atomic E-state index is 0.946. The van der Waals surface area contributed by atoms with E-state index in [-0.39, 0.29) is 0 Å². The molecule has 0 aromatic carbocycles. The van der Waals surface area contributed by atoms with Crippen LogP contribution < -0.4 is 0 Å². The van der Waals surface area contributed by atoms with Crippen molar-refractivity contribution in [1.82, 2.24) is 5.16 Å². The maximum Gasteiger partial charge on any atom is 0.207 e. The number of nitrogens with zero attached hydrogens (tertiary/aromatic N) is 1. The van der Waals surface area contributed by atoms with E-state index >= 15 is 0 Å². The summed E-state index contributed by atoms with van der Waals surface area (Å²) >= 11 is 5.24. The largest absolute Gasteiger partial charge is 0.348 e. The smallest absolute Gasteiger partial charge is 0.207 e. The Morgan fingerprint density at radius 1 is 1.57 bits per heavy atom. The predicted octanol–water partition coefficient (Wildman–Crippen LogP) is 3.73. The zero-order valence-electron chi connectivity index (χ0n) is 7.44. The van der Waals surface area contributed by atoms with Gasteiger partial charge in [0, 0.05) is 16.2 Å². The highest BCUT2D eigenvalue weighted by molar-refractivity contribution is 8.01. The van der Waals surface area contributed by atoms with Gasteiger partial charge in [-0.3, -0.25) is 0 Å². The second kappa shape index (κ2) is 3.32. The van der Waals surface area contributed by atoms with Crippen LogP contribution in [0.4, 0.5) is 0 Å². The number of aromatic nitrogens is 1. The minimum atomic E-state index is 0.946. The first kappa shape index (κ1) is 8.88. The Balaban J connectivity index is 2.22. The average Bonchev–Trinajstić information content (AvgIpc) is 2.82. The van der Waals surface area contributed by atoms with E-state index in [0.29, 0.717) is 0 Å². The lowest BCUT2D eigenvalue weighted by molar-refractivity contribution is 0.346. The SMILES string of the molecule is CSc1onc2c1SCc1sccc1-2. The van der Waals surface area contributed by atoms with Gasteiger partial charge >= 0.3 is 0 Å². The van der Waals surface area contributed by atoms with Crippen LogP contribution in [0.25, 0.3) is 11.3 Å². The second-order valence-electron chi connectivity index (χ2n) is 2.90. The molecule has 0 fully saturated rings. The van der Waals surface area contributed by atoms with E-state index in [1.165, 1.54) is 15.3 Å². The Labute approximate surface area is 94.1 Å². The Bertz CT molecular complexity index is 474. The van der Waals surface area contributed by atoms with Crippen LogP contribution in [0, 0.1) is 0 Å². The van der Waals surface area contributed by atoms with Crippen molar-refractivity contribution in [2.45, 2.75) is 15.7 Å². The van der Waals surface area contributed by atoms with Gasteiger partial charge in [-0.25, -0.2) is 0 Å². The van der Waals surface area contributed by atoms with Crippen molar-refractivity contribution >= 4 is 34.9 Å². The molecular formula is C9H7NOS3. The second-order valence-corrected chi connectivity index (χ2v) is 5.66. The quantitative estimate of drug-likeness (QED) is 0.711. The van der Waals surface area contributed by atoms with E-state index in [0.717, 1.165) is 16.5 Å². The summed E-state index contributed by atoms with van der Waals surface area (Å²) in [5.41, 5.74) is 2.29. The Morgan fingerprint density at radius 3 is 3.36 bits per heavy atom. The van der Waals surface area contributed by atoms with Crippen molar-refractivity contribution in [1.29, 1.82) is 0 Å². The number of thiophene rings is 1. The third-order valence-corrected chi connectivity index (χ3v) is 5.14. The summed E-state index contributed by atoms with van der Waals surface area (Å²) in [6.45, 7) is 0. The fourth-order valence-electron chi connectivity index (χ4n) is 1.50. The van der Waals surface area contributed by atoms with Gasteiger partial charge in [-0.1, -0.05) is 16.9 Å². The molecule has 0 atom stereocenters. The molecule has 2 aromatic rings. The van der Waals surface area contributed by atoms with Gasteiger partial charge in [0.25, 0.3) is 0 Å². The van der Waals surface area contributed by atoms with Crippen LogP contribution in [-0.2, 0) is 5.75 Å². The lowest BCUT2D eigenvalue weighted by atomic mass is 10.2. The first-order valence-corrected chi connectivity index (χ1v) is 7.22. The molecule has 0 unspecified atom stereocenters. The van der Waals surface area contributed by atoms with E-state index < -0.39 is 0 Å². The van der Waals surface area contributed by atoms with Gasteiger partial charge in [0.1, 0.15) is 5.69 Å². The molecule has 0 saturated heterocycles. The zero-order valence-corrected chi connectivity index (χ0v) is 9.89. The standard InChI is InChI=1S/C9H7NOS3/c1-12-9-8-7(10-11-9)5-2-3-13-6(5)4-14-8/h2-3H,4H2,1H3. The molecule has 0 N–H and O–H groups in total. The third-order valence-electron chi connectivity index (χ3n) is 2.15. The number of fused-ring (bicyclic) bond motifs is 3. The van der Waals surface area contributed by atoms with Crippen molar-refractivity contribution in [3.63, 3.8) is 0 Å². The first-order chi connectivity index (χ1) is 6.90. The molecule has 0 bridgehead atoms. The molecule has 72 valence electrons. The van der Waals surface area contributed by atoms with Crippen molar-refractivity contribution in [3.05, 3.63) is 16.3 Å². The third kappa shape index (κ3) is 1.16. The van der Waals surface area contributed by atoms with E-state index in [9.17, 15) is 0 Å². The molecule has 0 spiro atoms. The first-order valence-electron chi connectivity index (χ1n) is 4.13. The highest BCUT2D eigenvalue weighted by Crippen LogP contribution is 2.46. The summed E-state index contributed by atoms with van der Waals surface area (Å²) in [4.78, 5) is 2.62. The Hall–Kier alpha value is -0.390. The summed E-state index contributed by atoms with van der Waals surface area (Å²) in [5, 5.41) is 7.20. The van der Waals surface area contributed by atoms with Crippen molar-refractivity contribution in [2.75, 3.05) is 6.26 Å². The molecule has 0 radical (unpaired) electrons. The molecule has 3 heterocycles.